The summed E-state index contributed by atoms with van der Waals surface area (Å²) in [5, 5.41) is 0. The average Bonchev–Trinajstić information content (AvgIpc) is 2.17. The number of allylic oxidation sites excluding steroid dienone is 2. The van der Waals surface area contributed by atoms with E-state index in [9.17, 15) is 4.79 Å². The zero-order chi connectivity index (χ0) is 10.7. The predicted octanol–water partition coefficient (Wildman–Crippen LogP) is 1.98. The van der Waals surface area contributed by atoms with Crippen molar-refractivity contribution in [2.45, 2.75) is 31.8 Å². The van der Waals surface area contributed by atoms with Gasteiger partial charge in [-0.2, -0.15) is 0 Å². The van der Waals surface area contributed by atoms with Gasteiger partial charge in [-0.1, -0.05) is 6.58 Å². The summed E-state index contributed by atoms with van der Waals surface area (Å²) < 4.78 is 10.9. The van der Waals surface area contributed by atoms with Gasteiger partial charge in [-0.15, -0.1) is 0 Å². The van der Waals surface area contributed by atoms with Gasteiger partial charge in [-0.25, -0.2) is 0 Å². The Morgan fingerprint density at radius 2 is 2.27 bits per heavy atom. The molecule has 0 bridgehead atoms. The van der Waals surface area contributed by atoms with E-state index in [0.29, 0.717) is 19.6 Å². The molecule has 82 valence electrons. The zero-order valence-corrected chi connectivity index (χ0v) is 8.83. The largest absolute Gasteiger partial charge is 0.480 e. The Labute approximate surface area is 89.8 Å². The summed E-state index contributed by atoms with van der Waals surface area (Å²) in [6.07, 6.45) is 5.11. The molecule has 1 atom stereocenters. The highest BCUT2D eigenvalue weighted by Crippen LogP contribution is 2.30. The minimum Gasteiger partial charge on any atom is -0.480 e. The molecule has 1 unspecified atom stereocenters. The van der Waals surface area contributed by atoms with E-state index in [1.54, 1.807) is 6.08 Å². The van der Waals surface area contributed by atoms with Crippen molar-refractivity contribution in [2.24, 2.45) is 0 Å². The molecule has 2 fully saturated rings. The third-order valence-corrected chi connectivity index (χ3v) is 2.88. The summed E-state index contributed by atoms with van der Waals surface area (Å²) in [4.78, 5) is 11.5. The molecule has 1 aliphatic carbocycles. The van der Waals surface area contributed by atoms with E-state index in [-0.39, 0.29) is 5.78 Å². The molecule has 0 amide bonds. The summed E-state index contributed by atoms with van der Waals surface area (Å²) in [5.41, 5.74) is 1.28. The number of carbonyl (C=O) groups is 1. The maximum Gasteiger partial charge on any atom is 0.180 e. The number of ketones is 1. The van der Waals surface area contributed by atoms with E-state index < -0.39 is 6.10 Å². The Morgan fingerprint density at radius 1 is 1.47 bits per heavy atom. The normalized spacial score (nSPS) is 25.7. The smallest absolute Gasteiger partial charge is 0.180 e. The number of carbonyl (C=O) groups excluding carboxylic acids is 1. The lowest BCUT2D eigenvalue weighted by atomic mass is 9.91. The van der Waals surface area contributed by atoms with Crippen LogP contribution in [-0.4, -0.2) is 25.1 Å². The van der Waals surface area contributed by atoms with E-state index in [1.807, 2.05) is 0 Å². The molecule has 1 aliphatic heterocycles. The molecule has 1 heterocycles. The highest BCUT2D eigenvalue weighted by Gasteiger charge is 2.26. The second-order valence-electron chi connectivity index (χ2n) is 3.92. The second-order valence-corrected chi connectivity index (χ2v) is 3.92. The number of hydrogen-bond donors (Lipinski definition) is 0. The third-order valence-electron chi connectivity index (χ3n) is 2.88. The van der Waals surface area contributed by atoms with E-state index in [2.05, 4.69) is 6.58 Å². The number of Topliss-reactive ketones (excluding diaryl/α,β-unsaturated/α-hetero) is 1. The monoisotopic (exact) mass is 208 g/mol. The van der Waals surface area contributed by atoms with Gasteiger partial charge in [0.2, 0.25) is 0 Å². The topological polar surface area (TPSA) is 35.5 Å². The van der Waals surface area contributed by atoms with Gasteiger partial charge >= 0.3 is 0 Å². The summed E-state index contributed by atoms with van der Waals surface area (Å²) >= 11 is 0. The minimum atomic E-state index is -0.417. The van der Waals surface area contributed by atoms with E-state index in [0.717, 1.165) is 18.6 Å². The van der Waals surface area contributed by atoms with Gasteiger partial charge in [0.05, 0.1) is 13.2 Å². The lowest BCUT2D eigenvalue weighted by Crippen LogP contribution is -2.35. The Kier molecular flexibility index (Phi) is 3.21. The van der Waals surface area contributed by atoms with Crippen LogP contribution in [0.25, 0.3) is 0 Å². The Hall–Kier alpha value is -1.09. The van der Waals surface area contributed by atoms with Crippen molar-refractivity contribution in [1.82, 2.24) is 0 Å². The fourth-order valence-electron chi connectivity index (χ4n) is 1.75. The number of hydrogen-bond acceptors (Lipinski definition) is 3. The van der Waals surface area contributed by atoms with Crippen LogP contribution >= 0.6 is 0 Å². The highest BCUT2D eigenvalue weighted by molar-refractivity contribution is 5.84. The molecule has 2 aliphatic rings. The third kappa shape index (κ3) is 2.29. The Morgan fingerprint density at radius 3 is 2.80 bits per heavy atom. The summed E-state index contributed by atoms with van der Waals surface area (Å²) in [7, 11) is 0. The van der Waals surface area contributed by atoms with Crippen LogP contribution in [0.15, 0.2) is 24.0 Å². The van der Waals surface area contributed by atoms with Crippen LogP contribution in [0.3, 0.4) is 0 Å². The molecule has 15 heavy (non-hydrogen) atoms. The lowest BCUT2D eigenvalue weighted by molar-refractivity contribution is -0.138. The van der Waals surface area contributed by atoms with Crippen molar-refractivity contribution in [3.05, 3.63) is 24.0 Å². The molecule has 0 spiro atoms. The molecular weight excluding hydrogens is 192 g/mol. The van der Waals surface area contributed by atoms with Crippen LogP contribution in [0.4, 0.5) is 0 Å². The standard InChI is InChI=1S/C12H16O3/c1-2-11(9-4-3-5-9)15-12-8-14-7-6-10(12)13/h2,12H,1,3-8H2. The van der Waals surface area contributed by atoms with E-state index in [1.165, 1.54) is 12.0 Å². The maximum atomic E-state index is 11.5. The van der Waals surface area contributed by atoms with E-state index in [4.69, 9.17) is 9.47 Å². The van der Waals surface area contributed by atoms with Gasteiger partial charge in [-0.3, -0.25) is 4.79 Å². The van der Waals surface area contributed by atoms with Gasteiger partial charge in [0, 0.05) is 6.42 Å². The molecule has 1 saturated heterocycles. The summed E-state index contributed by atoms with van der Waals surface area (Å²) in [6.45, 7) is 4.62. The molecular formula is C12H16O3. The highest BCUT2D eigenvalue weighted by atomic mass is 16.5. The summed E-state index contributed by atoms with van der Waals surface area (Å²) in [5.74, 6) is 0.936. The van der Waals surface area contributed by atoms with Gasteiger partial charge in [0.25, 0.3) is 0 Å². The average molecular weight is 208 g/mol. The Balaban J connectivity index is 1.99. The van der Waals surface area contributed by atoms with Crippen molar-refractivity contribution in [2.75, 3.05) is 13.2 Å². The van der Waals surface area contributed by atoms with Crippen molar-refractivity contribution in [1.29, 1.82) is 0 Å². The van der Waals surface area contributed by atoms with Gasteiger partial charge in [0.1, 0.15) is 5.76 Å². The van der Waals surface area contributed by atoms with Crippen molar-refractivity contribution >= 4 is 5.78 Å². The van der Waals surface area contributed by atoms with Crippen molar-refractivity contribution < 1.29 is 14.3 Å². The SMILES string of the molecule is C=CC(OC1COCCC1=O)=C1CCC1. The van der Waals surface area contributed by atoms with Gasteiger partial charge in [-0.05, 0) is 30.9 Å². The Bertz CT molecular complexity index is 298. The molecule has 0 aromatic rings. The molecule has 0 aromatic heterocycles. The first-order chi connectivity index (χ1) is 7.31. The number of ether oxygens (including phenoxy) is 2. The molecule has 3 nitrogen and oxygen atoms in total. The molecule has 0 N–H and O–H groups in total. The van der Waals surface area contributed by atoms with Crippen LogP contribution in [0.2, 0.25) is 0 Å². The zero-order valence-electron chi connectivity index (χ0n) is 8.83. The molecule has 1 saturated carbocycles. The van der Waals surface area contributed by atoms with Crippen molar-refractivity contribution in [3.8, 4) is 0 Å². The maximum absolute atomic E-state index is 11.5. The quantitative estimate of drug-likeness (QED) is 0.665. The minimum absolute atomic E-state index is 0.139. The lowest BCUT2D eigenvalue weighted by Gasteiger charge is -2.26. The van der Waals surface area contributed by atoms with Gasteiger partial charge < -0.3 is 9.47 Å². The second kappa shape index (κ2) is 4.62. The molecule has 0 aromatic carbocycles. The first-order valence-electron chi connectivity index (χ1n) is 5.43. The molecule has 3 heteroatoms. The molecule has 0 radical (unpaired) electrons. The fraction of sp³-hybridized carbons (Fsp3) is 0.583. The van der Waals surface area contributed by atoms with Crippen molar-refractivity contribution in [3.63, 3.8) is 0 Å². The fourth-order valence-corrected chi connectivity index (χ4v) is 1.75. The number of rotatable bonds is 3. The molecule has 2 rings (SSSR count). The van der Waals surface area contributed by atoms with Crippen LogP contribution in [0.5, 0.6) is 0 Å². The first-order valence-corrected chi connectivity index (χ1v) is 5.43. The van der Waals surface area contributed by atoms with Gasteiger partial charge in [0.15, 0.2) is 11.9 Å². The first kappa shape index (κ1) is 10.4. The predicted molar refractivity (Wildman–Crippen MR) is 56.4 cm³/mol. The van der Waals surface area contributed by atoms with Crippen LogP contribution in [0.1, 0.15) is 25.7 Å². The van der Waals surface area contributed by atoms with Crippen LogP contribution in [-0.2, 0) is 14.3 Å². The van der Waals surface area contributed by atoms with Crippen LogP contribution < -0.4 is 0 Å². The van der Waals surface area contributed by atoms with Crippen LogP contribution in [0, 0.1) is 0 Å². The van der Waals surface area contributed by atoms with E-state index >= 15 is 0 Å². The summed E-state index contributed by atoms with van der Waals surface area (Å²) in [6, 6.07) is 0.